The molecule has 35 heavy (non-hydrogen) atoms. The minimum Gasteiger partial charge on any atom is -0.399 e. The normalized spacial score (nSPS) is 16.7. The molecule has 0 aromatic heterocycles. The van der Waals surface area contributed by atoms with Crippen LogP contribution in [0.2, 0.25) is 0 Å². The fraction of sp³-hybridized carbons (Fsp3) is 0.188. The maximum absolute atomic E-state index is 6.37. The Hall–Kier alpha value is -3.40. The highest BCUT2D eigenvalue weighted by molar-refractivity contribution is 6.62. The molecule has 2 nitrogen and oxygen atoms in total. The highest BCUT2D eigenvalue weighted by Crippen LogP contribution is 2.43. The van der Waals surface area contributed by atoms with Gasteiger partial charge in [0.25, 0.3) is 0 Å². The SMILES string of the molecule is CC1(C)OB(c2cccc(-c3c4ccccc4c(-c4ccccc4)c4ccccc34)c2)OC1(C)C. The first kappa shape index (κ1) is 22.1. The second-order valence-electron chi connectivity index (χ2n) is 10.4. The van der Waals surface area contributed by atoms with Gasteiger partial charge >= 0.3 is 7.12 Å². The molecule has 1 saturated heterocycles. The molecule has 1 heterocycles. The van der Waals surface area contributed by atoms with Crippen molar-refractivity contribution in [2.45, 2.75) is 38.9 Å². The highest BCUT2D eigenvalue weighted by atomic mass is 16.7. The summed E-state index contributed by atoms with van der Waals surface area (Å²) < 4.78 is 12.7. The van der Waals surface area contributed by atoms with Crippen LogP contribution in [0.3, 0.4) is 0 Å². The van der Waals surface area contributed by atoms with Crippen molar-refractivity contribution in [2.24, 2.45) is 0 Å². The van der Waals surface area contributed by atoms with Gasteiger partial charge < -0.3 is 9.31 Å². The minimum atomic E-state index is -0.388. The summed E-state index contributed by atoms with van der Waals surface area (Å²) in [4.78, 5) is 0. The average molecular weight is 456 g/mol. The second kappa shape index (κ2) is 8.08. The van der Waals surface area contributed by atoms with E-state index in [-0.39, 0.29) is 18.3 Å². The Morgan fingerprint density at radius 3 is 1.43 bits per heavy atom. The van der Waals surface area contributed by atoms with Gasteiger partial charge in [0.15, 0.2) is 0 Å². The van der Waals surface area contributed by atoms with E-state index in [1.54, 1.807) is 0 Å². The molecule has 172 valence electrons. The van der Waals surface area contributed by atoms with Crippen molar-refractivity contribution >= 4 is 34.1 Å². The van der Waals surface area contributed by atoms with Crippen molar-refractivity contribution in [3.8, 4) is 22.3 Å². The molecule has 5 aromatic rings. The molecule has 0 aliphatic carbocycles. The lowest BCUT2D eigenvalue weighted by Gasteiger charge is -2.32. The van der Waals surface area contributed by atoms with Gasteiger partial charge in [-0.15, -0.1) is 0 Å². The average Bonchev–Trinajstić information content (AvgIpc) is 3.09. The Balaban J connectivity index is 1.60. The Morgan fingerprint density at radius 1 is 0.486 bits per heavy atom. The van der Waals surface area contributed by atoms with Gasteiger partial charge in [0.1, 0.15) is 0 Å². The van der Waals surface area contributed by atoms with E-state index < -0.39 is 0 Å². The van der Waals surface area contributed by atoms with E-state index in [0.29, 0.717) is 0 Å². The van der Waals surface area contributed by atoms with Gasteiger partial charge in [0.05, 0.1) is 11.2 Å². The molecule has 0 atom stereocenters. The van der Waals surface area contributed by atoms with E-state index in [9.17, 15) is 0 Å². The first-order chi connectivity index (χ1) is 16.9. The van der Waals surface area contributed by atoms with Crippen LogP contribution in [0.4, 0.5) is 0 Å². The number of hydrogen-bond acceptors (Lipinski definition) is 2. The van der Waals surface area contributed by atoms with Crippen LogP contribution in [0.15, 0.2) is 103 Å². The molecule has 0 N–H and O–H groups in total. The maximum Gasteiger partial charge on any atom is 0.494 e. The molecule has 6 rings (SSSR count). The predicted octanol–water partition coefficient (Wildman–Crippen LogP) is 7.63. The van der Waals surface area contributed by atoms with Crippen LogP contribution in [0.5, 0.6) is 0 Å². The molecule has 0 radical (unpaired) electrons. The van der Waals surface area contributed by atoms with Gasteiger partial charge in [-0.05, 0) is 77.0 Å². The van der Waals surface area contributed by atoms with Crippen LogP contribution in [-0.2, 0) is 9.31 Å². The second-order valence-corrected chi connectivity index (χ2v) is 10.4. The molecular weight excluding hydrogens is 427 g/mol. The van der Waals surface area contributed by atoms with Gasteiger partial charge in [-0.2, -0.15) is 0 Å². The highest BCUT2D eigenvalue weighted by Gasteiger charge is 2.51. The zero-order valence-corrected chi connectivity index (χ0v) is 20.7. The number of hydrogen-bond donors (Lipinski definition) is 0. The van der Waals surface area contributed by atoms with E-state index in [2.05, 4.69) is 131 Å². The smallest absolute Gasteiger partial charge is 0.399 e. The van der Waals surface area contributed by atoms with Crippen molar-refractivity contribution in [3.63, 3.8) is 0 Å². The first-order valence-electron chi connectivity index (χ1n) is 12.3. The number of rotatable bonds is 3. The minimum absolute atomic E-state index is 0.371. The number of benzene rings is 5. The molecule has 1 aliphatic heterocycles. The summed E-state index contributed by atoms with van der Waals surface area (Å²) in [5.41, 5.74) is 5.23. The summed E-state index contributed by atoms with van der Waals surface area (Å²) in [5.74, 6) is 0. The summed E-state index contributed by atoms with van der Waals surface area (Å²) in [6.07, 6.45) is 0. The Morgan fingerprint density at radius 2 is 0.914 bits per heavy atom. The molecule has 0 spiro atoms. The Bertz CT molecular complexity index is 1480. The van der Waals surface area contributed by atoms with Crippen molar-refractivity contribution < 1.29 is 9.31 Å². The fourth-order valence-corrected chi connectivity index (χ4v) is 5.18. The third kappa shape index (κ3) is 3.58. The third-order valence-electron chi connectivity index (χ3n) is 7.69. The van der Waals surface area contributed by atoms with E-state index in [0.717, 1.165) is 5.46 Å². The van der Waals surface area contributed by atoms with Crippen LogP contribution >= 0.6 is 0 Å². The van der Waals surface area contributed by atoms with Crippen LogP contribution < -0.4 is 5.46 Å². The lowest BCUT2D eigenvalue weighted by Crippen LogP contribution is -2.41. The van der Waals surface area contributed by atoms with Crippen molar-refractivity contribution in [3.05, 3.63) is 103 Å². The zero-order valence-electron chi connectivity index (χ0n) is 20.7. The van der Waals surface area contributed by atoms with Crippen LogP contribution in [0.25, 0.3) is 43.8 Å². The summed E-state index contributed by atoms with van der Waals surface area (Å²) in [7, 11) is -0.388. The van der Waals surface area contributed by atoms with Crippen molar-refractivity contribution in [1.29, 1.82) is 0 Å². The molecule has 5 aromatic carbocycles. The fourth-order valence-electron chi connectivity index (χ4n) is 5.18. The van der Waals surface area contributed by atoms with Gasteiger partial charge in [-0.1, -0.05) is 103 Å². The number of fused-ring (bicyclic) bond motifs is 2. The molecule has 3 heteroatoms. The first-order valence-corrected chi connectivity index (χ1v) is 12.3. The lowest BCUT2D eigenvalue weighted by molar-refractivity contribution is 0.00578. The van der Waals surface area contributed by atoms with Crippen LogP contribution in [-0.4, -0.2) is 18.3 Å². The summed E-state index contributed by atoms with van der Waals surface area (Å²) in [6, 6.07) is 36.9. The summed E-state index contributed by atoms with van der Waals surface area (Å²) >= 11 is 0. The molecule has 0 amide bonds. The van der Waals surface area contributed by atoms with Gasteiger partial charge in [0, 0.05) is 0 Å². The van der Waals surface area contributed by atoms with Crippen LogP contribution in [0, 0.1) is 0 Å². The molecule has 1 fully saturated rings. The van der Waals surface area contributed by atoms with Crippen molar-refractivity contribution in [1.82, 2.24) is 0 Å². The lowest BCUT2D eigenvalue weighted by atomic mass is 9.77. The molecule has 1 aliphatic rings. The van der Waals surface area contributed by atoms with E-state index in [1.807, 2.05) is 0 Å². The van der Waals surface area contributed by atoms with Gasteiger partial charge in [-0.25, -0.2) is 0 Å². The van der Waals surface area contributed by atoms with Crippen molar-refractivity contribution in [2.75, 3.05) is 0 Å². The monoisotopic (exact) mass is 456 g/mol. The van der Waals surface area contributed by atoms with E-state index >= 15 is 0 Å². The molecule has 0 bridgehead atoms. The standard InChI is InChI=1S/C32H29BO2/c1-31(2)32(3,4)35-33(34-31)24-16-12-15-23(21-24)30-27-19-10-8-17-25(27)29(22-13-6-5-7-14-22)26-18-9-11-20-28(26)30/h5-21H,1-4H3. The predicted molar refractivity (Wildman–Crippen MR) is 148 cm³/mol. The molecule has 0 saturated carbocycles. The maximum atomic E-state index is 6.37. The van der Waals surface area contributed by atoms with Gasteiger partial charge in [-0.3, -0.25) is 0 Å². The van der Waals surface area contributed by atoms with E-state index in [4.69, 9.17) is 9.31 Å². The van der Waals surface area contributed by atoms with Crippen LogP contribution in [0.1, 0.15) is 27.7 Å². The molecular formula is C32H29BO2. The Kier molecular flexibility index (Phi) is 5.10. The third-order valence-corrected chi connectivity index (χ3v) is 7.69. The Labute approximate surface area is 207 Å². The quantitative estimate of drug-likeness (QED) is 0.205. The summed E-state index contributed by atoms with van der Waals surface area (Å²) in [6.45, 7) is 8.39. The summed E-state index contributed by atoms with van der Waals surface area (Å²) in [5, 5.41) is 5.01. The largest absolute Gasteiger partial charge is 0.494 e. The van der Waals surface area contributed by atoms with E-state index in [1.165, 1.54) is 43.8 Å². The van der Waals surface area contributed by atoms with Gasteiger partial charge in [0.2, 0.25) is 0 Å². The molecule has 0 unspecified atom stereocenters. The topological polar surface area (TPSA) is 18.5 Å². The zero-order chi connectivity index (χ0) is 24.2.